The van der Waals surface area contributed by atoms with E-state index in [-0.39, 0.29) is 18.9 Å². The Labute approximate surface area is 431 Å². The molecule has 2 rings (SSSR count). The number of hydrogen-bond acceptors (Lipinski definition) is 13. The number of rotatable bonds is 47. The summed E-state index contributed by atoms with van der Waals surface area (Å²) in [6.07, 6.45) is 32.5. The van der Waals surface area contributed by atoms with Gasteiger partial charge in [-0.05, 0) is 19.3 Å². The van der Waals surface area contributed by atoms with Gasteiger partial charge in [-0.15, -0.1) is 0 Å². The minimum atomic E-state index is -1.78. The topological polar surface area (TPSA) is 228 Å². The number of nitrogens with one attached hydrogen (secondary N) is 1. The maximum Gasteiger partial charge on any atom is 0.220 e. The standard InChI is InChI=1S/C57H109NO13/c1-3-5-7-9-11-13-15-17-19-20-21-22-23-24-25-26-27-28-30-32-34-36-38-40-46(61)45(58-49(62)41-39-37-35-33-31-29-18-16-14-12-10-8-6-4-2)44-68-56-54(67)52(65)55(48(43-60)70-56)71-57-53(66)51(64)50(63)47(42-59)69-57/h38,40,45-48,50-57,59-61,63-67H,3-37,39,41-44H2,1-2H3,(H,58,62)/b40-38+. The Morgan fingerprint density at radius 2 is 0.873 bits per heavy atom. The van der Waals surface area contributed by atoms with Gasteiger partial charge < -0.3 is 65.1 Å². The number of ether oxygens (including phenoxy) is 4. The van der Waals surface area contributed by atoms with E-state index in [1.165, 1.54) is 186 Å². The molecular weight excluding hydrogens is 907 g/mol. The molecule has 9 N–H and O–H groups in total. The fourth-order valence-electron chi connectivity index (χ4n) is 9.94. The fourth-order valence-corrected chi connectivity index (χ4v) is 9.94. The Kier molecular flexibility index (Phi) is 40.7. The number of unbranched alkanes of at least 4 members (excludes halogenated alkanes) is 34. The second kappa shape index (κ2) is 43.9. The highest BCUT2D eigenvalue weighted by Gasteiger charge is 2.51. The Bertz CT molecular complexity index is 1240. The molecule has 14 heteroatoms. The SMILES string of the molecule is CCCCCCCCCCCCCCCCCCCCCCC/C=C/C(O)C(COC1OC(CO)C(OC2OC(CO)C(O)C(O)C2O)C(O)C1O)NC(=O)CCCCCCCCCCCCCCCC. The molecule has 2 saturated heterocycles. The molecule has 420 valence electrons. The summed E-state index contributed by atoms with van der Waals surface area (Å²) in [4.78, 5) is 13.2. The van der Waals surface area contributed by atoms with E-state index >= 15 is 0 Å². The first-order valence-corrected chi connectivity index (χ1v) is 29.4. The summed E-state index contributed by atoms with van der Waals surface area (Å²) < 4.78 is 22.8. The number of carbonyl (C=O) groups is 1. The van der Waals surface area contributed by atoms with Crippen LogP contribution in [0.25, 0.3) is 0 Å². The molecule has 12 unspecified atom stereocenters. The summed E-state index contributed by atoms with van der Waals surface area (Å²) in [5.74, 6) is -0.235. The van der Waals surface area contributed by atoms with Crippen LogP contribution in [0, 0.1) is 0 Å². The number of amides is 1. The molecule has 2 heterocycles. The highest BCUT2D eigenvalue weighted by Crippen LogP contribution is 2.30. The van der Waals surface area contributed by atoms with E-state index in [1.54, 1.807) is 6.08 Å². The molecule has 0 radical (unpaired) electrons. The van der Waals surface area contributed by atoms with Crippen molar-refractivity contribution >= 4 is 5.91 Å². The number of aliphatic hydroxyl groups excluding tert-OH is 8. The van der Waals surface area contributed by atoms with Crippen molar-refractivity contribution in [2.24, 2.45) is 0 Å². The molecule has 0 aromatic rings. The third-order valence-electron chi connectivity index (χ3n) is 14.7. The van der Waals surface area contributed by atoms with Gasteiger partial charge in [-0.3, -0.25) is 4.79 Å². The van der Waals surface area contributed by atoms with Crippen LogP contribution in [0.5, 0.6) is 0 Å². The quantitative estimate of drug-likeness (QED) is 0.0205. The van der Waals surface area contributed by atoms with Crippen LogP contribution in [0.2, 0.25) is 0 Å². The van der Waals surface area contributed by atoms with Crippen LogP contribution < -0.4 is 5.32 Å². The summed E-state index contributed by atoms with van der Waals surface area (Å²) >= 11 is 0. The highest BCUT2D eigenvalue weighted by molar-refractivity contribution is 5.76. The second-order valence-corrected chi connectivity index (χ2v) is 21.1. The van der Waals surface area contributed by atoms with Crippen LogP contribution in [-0.2, 0) is 23.7 Å². The molecule has 0 aliphatic carbocycles. The lowest BCUT2D eigenvalue weighted by Gasteiger charge is -2.46. The second-order valence-electron chi connectivity index (χ2n) is 21.1. The molecule has 0 aromatic heterocycles. The molecular formula is C57H109NO13. The van der Waals surface area contributed by atoms with Gasteiger partial charge in [0, 0.05) is 6.42 Å². The van der Waals surface area contributed by atoms with E-state index in [0.29, 0.717) is 6.42 Å². The van der Waals surface area contributed by atoms with Crippen LogP contribution in [0.4, 0.5) is 0 Å². The predicted molar refractivity (Wildman–Crippen MR) is 282 cm³/mol. The van der Waals surface area contributed by atoms with Crippen molar-refractivity contribution in [2.45, 2.75) is 325 Å². The van der Waals surface area contributed by atoms with Gasteiger partial charge in [0.2, 0.25) is 5.91 Å². The zero-order valence-electron chi connectivity index (χ0n) is 45.0. The summed E-state index contributed by atoms with van der Waals surface area (Å²) in [5, 5.41) is 87.0. The van der Waals surface area contributed by atoms with Gasteiger partial charge in [0.05, 0.1) is 32.0 Å². The Morgan fingerprint density at radius 3 is 1.30 bits per heavy atom. The Morgan fingerprint density at radius 1 is 0.493 bits per heavy atom. The molecule has 14 nitrogen and oxygen atoms in total. The van der Waals surface area contributed by atoms with Gasteiger partial charge in [-0.25, -0.2) is 0 Å². The van der Waals surface area contributed by atoms with E-state index in [4.69, 9.17) is 18.9 Å². The summed E-state index contributed by atoms with van der Waals surface area (Å²) in [5.41, 5.74) is 0. The van der Waals surface area contributed by atoms with E-state index in [0.717, 1.165) is 38.5 Å². The molecule has 2 aliphatic heterocycles. The van der Waals surface area contributed by atoms with Crippen LogP contribution in [-0.4, -0.2) is 140 Å². The number of allylic oxidation sites excluding steroid dienone is 1. The molecule has 0 spiro atoms. The molecule has 0 bridgehead atoms. The van der Waals surface area contributed by atoms with Crippen molar-refractivity contribution in [2.75, 3.05) is 19.8 Å². The fraction of sp³-hybridized carbons (Fsp3) is 0.947. The minimum absolute atomic E-state index is 0.235. The van der Waals surface area contributed by atoms with Crippen molar-refractivity contribution < 1.29 is 64.6 Å². The van der Waals surface area contributed by atoms with Gasteiger partial charge >= 0.3 is 0 Å². The molecule has 2 aliphatic rings. The first kappa shape index (κ1) is 65.8. The van der Waals surface area contributed by atoms with E-state index in [1.807, 2.05) is 6.08 Å². The number of carbonyl (C=O) groups excluding carboxylic acids is 1. The van der Waals surface area contributed by atoms with Gasteiger partial charge in [-0.1, -0.05) is 238 Å². The van der Waals surface area contributed by atoms with Gasteiger partial charge in [0.25, 0.3) is 0 Å². The lowest BCUT2D eigenvalue weighted by atomic mass is 9.97. The van der Waals surface area contributed by atoms with Gasteiger partial charge in [0.15, 0.2) is 12.6 Å². The van der Waals surface area contributed by atoms with Crippen molar-refractivity contribution in [3.8, 4) is 0 Å². The lowest BCUT2D eigenvalue weighted by Crippen LogP contribution is -2.65. The van der Waals surface area contributed by atoms with Crippen LogP contribution >= 0.6 is 0 Å². The monoisotopic (exact) mass is 1020 g/mol. The van der Waals surface area contributed by atoms with Crippen molar-refractivity contribution in [1.29, 1.82) is 0 Å². The first-order chi connectivity index (χ1) is 34.6. The smallest absolute Gasteiger partial charge is 0.220 e. The van der Waals surface area contributed by atoms with E-state index in [9.17, 15) is 45.6 Å². The largest absolute Gasteiger partial charge is 0.394 e. The molecule has 71 heavy (non-hydrogen) atoms. The average molecular weight is 1020 g/mol. The predicted octanol–water partition coefficient (Wildman–Crippen LogP) is 9.50. The van der Waals surface area contributed by atoms with Crippen molar-refractivity contribution in [3.05, 3.63) is 12.2 Å². The maximum atomic E-state index is 13.2. The maximum absolute atomic E-state index is 13.2. The summed E-state index contributed by atoms with van der Waals surface area (Å²) in [6, 6.07) is -0.909. The van der Waals surface area contributed by atoms with Crippen molar-refractivity contribution in [1.82, 2.24) is 5.32 Å². The number of hydrogen-bond donors (Lipinski definition) is 9. The zero-order chi connectivity index (χ0) is 51.7. The molecule has 12 atom stereocenters. The lowest BCUT2D eigenvalue weighted by molar-refractivity contribution is -0.359. The third-order valence-corrected chi connectivity index (χ3v) is 14.7. The van der Waals surface area contributed by atoms with E-state index in [2.05, 4.69) is 19.2 Å². The summed E-state index contributed by atoms with van der Waals surface area (Å²) in [6.45, 7) is 2.82. The van der Waals surface area contributed by atoms with Crippen molar-refractivity contribution in [3.63, 3.8) is 0 Å². The van der Waals surface area contributed by atoms with E-state index < -0.39 is 86.8 Å². The molecule has 1 amide bonds. The minimum Gasteiger partial charge on any atom is -0.394 e. The van der Waals surface area contributed by atoms with Crippen LogP contribution in [0.3, 0.4) is 0 Å². The zero-order valence-corrected chi connectivity index (χ0v) is 45.0. The molecule has 2 fully saturated rings. The average Bonchev–Trinajstić information content (AvgIpc) is 3.37. The van der Waals surface area contributed by atoms with Gasteiger partial charge in [0.1, 0.15) is 48.8 Å². The molecule has 0 aromatic carbocycles. The number of aliphatic hydroxyl groups is 8. The van der Waals surface area contributed by atoms with Crippen LogP contribution in [0.1, 0.15) is 251 Å². The van der Waals surface area contributed by atoms with Gasteiger partial charge in [-0.2, -0.15) is 0 Å². The Hall–Kier alpha value is -1.27. The molecule has 0 saturated carbocycles. The normalized spacial score (nSPS) is 25.8. The summed E-state index contributed by atoms with van der Waals surface area (Å²) in [7, 11) is 0. The Balaban J connectivity index is 1.76. The third kappa shape index (κ3) is 30.2. The highest BCUT2D eigenvalue weighted by atomic mass is 16.7. The first-order valence-electron chi connectivity index (χ1n) is 29.4. The van der Waals surface area contributed by atoms with Crippen LogP contribution in [0.15, 0.2) is 12.2 Å².